The van der Waals surface area contributed by atoms with Crippen LogP contribution in [0.1, 0.15) is 37.4 Å². The first-order chi connectivity index (χ1) is 11.8. The third-order valence-electron chi connectivity index (χ3n) is 4.70. The highest BCUT2D eigenvalue weighted by molar-refractivity contribution is 7.89. The average Bonchev–Trinajstić information content (AvgIpc) is 3.16. The van der Waals surface area contributed by atoms with Crippen LogP contribution in [0.3, 0.4) is 0 Å². The van der Waals surface area contributed by atoms with Gasteiger partial charge in [0.15, 0.2) is 0 Å². The van der Waals surface area contributed by atoms with Crippen molar-refractivity contribution in [1.29, 1.82) is 0 Å². The van der Waals surface area contributed by atoms with E-state index < -0.39 is 10.0 Å². The minimum Gasteiger partial charge on any atom is -0.361 e. The fraction of sp³-hybridized carbons (Fsp3) is 0.588. The van der Waals surface area contributed by atoms with Gasteiger partial charge in [-0.25, -0.2) is 12.7 Å². The number of aromatic nitrogens is 3. The molecule has 2 aromatic heterocycles. The van der Waals surface area contributed by atoms with Crippen molar-refractivity contribution in [2.75, 3.05) is 13.1 Å². The molecule has 3 heterocycles. The zero-order valence-electron chi connectivity index (χ0n) is 15.1. The summed E-state index contributed by atoms with van der Waals surface area (Å²) in [7, 11) is -3.17. The van der Waals surface area contributed by atoms with Crippen LogP contribution in [0, 0.1) is 19.8 Å². The van der Waals surface area contributed by atoms with Crippen molar-refractivity contribution in [3.05, 3.63) is 29.5 Å². The van der Waals surface area contributed by atoms with Gasteiger partial charge in [-0.3, -0.25) is 9.97 Å². The average molecular weight is 364 g/mol. The van der Waals surface area contributed by atoms with E-state index >= 15 is 0 Å². The first-order valence-corrected chi connectivity index (χ1v) is 10.0. The summed E-state index contributed by atoms with van der Waals surface area (Å²) >= 11 is 0. The van der Waals surface area contributed by atoms with E-state index in [2.05, 4.69) is 15.1 Å². The fourth-order valence-electron chi connectivity index (χ4n) is 3.23. The van der Waals surface area contributed by atoms with Crippen LogP contribution in [0.4, 0.5) is 0 Å². The molecule has 0 N–H and O–H groups in total. The third-order valence-corrected chi connectivity index (χ3v) is 6.94. The lowest BCUT2D eigenvalue weighted by atomic mass is 10.0. The number of hydrogen-bond acceptors (Lipinski definition) is 6. The van der Waals surface area contributed by atoms with E-state index in [-0.39, 0.29) is 11.2 Å². The summed E-state index contributed by atoms with van der Waals surface area (Å²) in [4.78, 5) is 8.99. The Balaban J connectivity index is 1.67. The second-order valence-corrected chi connectivity index (χ2v) is 9.39. The van der Waals surface area contributed by atoms with Crippen LogP contribution in [0.2, 0.25) is 0 Å². The first-order valence-electron chi connectivity index (χ1n) is 8.52. The number of nitrogens with zero attached hydrogens (tertiary/aromatic N) is 4. The van der Waals surface area contributed by atoms with Crippen LogP contribution in [0.5, 0.6) is 0 Å². The second kappa shape index (κ2) is 6.84. The van der Waals surface area contributed by atoms with Gasteiger partial charge in [-0.15, -0.1) is 0 Å². The molecule has 0 bridgehead atoms. The van der Waals surface area contributed by atoms with Gasteiger partial charge in [0.25, 0.3) is 0 Å². The largest absolute Gasteiger partial charge is 0.361 e. The molecule has 3 rings (SSSR count). The topological polar surface area (TPSA) is 89.2 Å². The van der Waals surface area contributed by atoms with E-state index in [1.54, 1.807) is 30.5 Å². The zero-order valence-corrected chi connectivity index (χ0v) is 15.9. The van der Waals surface area contributed by atoms with Gasteiger partial charge >= 0.3 is 0 Å². The first kappa shape index (κ1) is 18.0. The normalized spacial score (nSPS) is 19.0. The summed E-state index contributed by atoms with van der Waals surface area (Å²) in [5.74, 6) is 1.01. The van der Waals surface area contributed by atoms with Crippen LogP contribution in [-0.4, -0.2) is 46.2 Å². The maximum atomic E-state index is 12.3. The van der Waals surface area contributed by atoms with Crippen molar-refractivity contribution in [2.24, 2.45) is 5.92 Å². The van der Waals surface area contributed by atoms with Gasteiger partial charge in [0, 0.05) is 19.3 Å². The van der Waals surface area contributed by atoms with E-state index in [4.69, 9.17) is 4.52 Å². The molecule has 0 saturated carbocycles. The second-order valence-electron chi connectivity index (χ2n) is 6.90. The maximum absolute atomic E-state index is 12.3. The molecule has 0 radical (unpaired) electrons. The lowest BCUT2D eigenvalue weighted by molar-refractivity contribution is 0.393. The Morgan fingerprint density at radius 2 is 2.04 bits per heavy atom. The molecule has 1 saturated heterocycles. The monoisotopic (exact) mass is 364 g/mol. The molecule has 1 aliphatic heterocycles. The van der Waals surface area contributed by atoms with Gasteiger partial charge in [0.2, 0.25) is 10.0 Å². The van der Waals surface area contributed by atoms with Gasteiger partial charge in [-0.05, 0) is 46.5 Å². The highest BCUT2D eigenvalue weighted by Gasteiger charge is 2.33. The van der Waals surface area contributed by atoms with Crippen LogP contribution in [-0.2, 0) is 16.4 Å². The summed E-state index contributed by atoms with van der Waals surface area (Å²) in [5.41, 5.74) is 3.30. The Morgan fingerprint density at radius 1 is 1.28 bits per heavy atom. The third kappa shape index (κ3) is 3.59. The lowest BCUT2D eigenvalue weighted by Gasteiger charge is -2.19. The van der Waals surface area contributed by atoms with Crippen molar-refractivity contribution in [3.8, 4) is 11.3 Å². The van der Waals surface area contributed by atoms with Crippen LogP contribution >= 0.6 is 0 Å². The van der Waals surface area contributed by atoms with Gasteiger partial charge in [-0.2, -0.15) is 0 Å². The van der Waals surface area contributed by atoms with E-state index in [1.807, 2.05) is 13.8 Å². The molecule has 0 aromatic carbocycles. The Morgan fingerprint density at radius 3 is 2.60 bits per heavy atom. The van der Waals surface area contributed by atoms with E-state index in [0.717, 1.165) is 41.2 Å². The smallest absolute Gasteiger partial charge is 0.216 e. The summed E-state index contributed by atoms with van der Waals surface area (Å²) in [6, 6.07) is 0. The quantitative estimate of drug-likeness (QED) is 0.809. The molecule has 136 valence electrons. The molecule has 2 aromatic rings. The lowest BCUT2D eigenvalue weighted by Crippen LogP contribution is -2.34. The minimum absolute atomic E-state index is 0.285. The molecule has 1 fully saturated rings. The summed E-state index contributed by atoms with van der Waals surface area (Å²) in [6.45, 7) is 8.34. The van der Waals surface area contributed by atoms with Crippen molar-refractivity contribution in [1.82, 2.24) is 19.4 Å². The molecule has 8 heteroatoms. The van der Waals surface area contributed by atoms with Crippen molar-refractivity contribution < 1.29 is 12.9 Å². The van der Waals surface area contributed by atoms with Crippen molar-refractivity contribution in [3.63, 3.8) is 0 Å². The fourth-order valence-corrected chi connectivity index (χ4v) is 4.60. The van der Waals surface area contributed by atoms with Crippen LogP contribution < -0.4 is 0 Å². The van der Waals surface area contributed by atoms with Gasteiger partial charge in [0.1, 0.15) is 5.76 Å². The number of sulfonamides is 1. The Kier molecular flexibility index (Phi) is 4.92. The summed E-state index contributed by atoms with van der Waals surface area (Å²) < 4.78 is 31.3. The predicted molar refractivity (Wildman–Crippen MR) is 94.4 cm³/mol. The Labute approximate surface area is 148 Å². The van der Waals surface area contributed by atoms with Gasteiger partial charge in [0.05, 0.1) is 34.1 Å². The van der Waals surface area contributed by atoms with E-state index in [9.17, 15) is 8.42 Å². The standard InChI is InChI=1S/C17H24N4O3S/c1-11(2)25(22,23)21-6-5-14(10-21)7-15-8-19-16(9-18-15)17-12(3)20-24-13(17)4/h8-9,11,14H,5-7,10H2,1-4H3. The molecular formula is C17H24N4O3S. The van der Waals surface area contributed by atoms with Crippen molar-refractivity contribution in [2.45, 2.75) is 45.8 Å². The highest BCUT2D eigenvalue weighted by Crippen LogP contribution is 2.26. The molecule has 1 unspecified atom stereocenters. The highest BCUT2D eigenvalue weighted by atomic mass is 32.2. The molecule has 7 nitrogen and oxygen atoms in total. The maximum Gasteiger partial charge on any atom is 0.216 e. The van der Waals surface area contributed by atoms with Crippen molar-refractivity contribution >= 4 is 10.0 Å². The molecule has 25 heavy (non-hydrogen) atoms. The zero-order chi connectivity index (χ0) is 18.2. The summed E-state index contributed by atoms with van der Waals surface area (Å²) in [5, 5.41) is 3.56. The number of rotatable bonds is 5. The molecule has 1 aliphatic rings. The predicted octanol–water partition coefficient (Wildman–Crippen LogP) is 2.35. The van der Waals surface area contributed by atoms with E-state index in [0.29, 0.717) is 13.1 Å². The molecular weight excluding hydrogens is 340 g/mol. The molecule has 0 amide bonds. The Bertz CT molecular complexity index is 824. The molecule has 0 aliphatic carbocycles. The summed E-state index contributed by atoms with van der Waals surface area (Å²) in [6.07, 6.45) is 5.10. The Hall–Kier alpha value is -1.80. The SMILES string of the molecule is Cc1noc(C)c1-c1cnc(CC2CCN(S(=O)(=O)C(C)C)C2)cn1. The van der Waals surface area contributed by atoms with E-state index in [1.165, 1.54) is 0 Å². The van der Waals surface area contributed by atoms with Gasteiger partial charge in [-0.1, -0.05) is 5.16 Å². The molecule has 1 atom stereocenters. The number of aryl methyl sites for hydroxylation is 2. The molecule has 0 spiro atoms. The van der Waals surface area contributed by atoms with Crippen LogP contribution in [0.25, 0.3) is 11.3 Å². The number of hydrogen-bond donors (Lipinski definition) is 0. The minimum atomic E-state index is -3.17. The van der Waals surface area contributed by atoms with Gasteiger partial charge < -0.3 is 4.52 Å². The van der Waals surface area contributed by atoms with Crippen LogP contribution in [0.15, 0.2) is 16.9 Å².